The number of hydrogen-bond donors (Lipinski definition) is 1. The van der Waals surface area contributed by atoms with Crippen molar-refractivity contribution in [3.8, 4) is 11.5 Å². The van der Waals surface area contributed by atoms with Crippen molar-refractivity contribution in [1.29, 1.82) is 0 Å². The van der Waals surface area contributed by atoms with Crippen molar-refractivity contribution < 1.29 is 9.47 Å². The number of rotatable bonds is 4. The van der Waals surface area contributed by atoms with Crippen LogP contribution in [-0.2, 0) is 6.54 Å². The van der Waals surface area contributed by atoms with Gasteiger partial charge in [-0.2, -0.15) is 0 Å². The summed E-state index contributed by atoms with van der Waals surface area (Å²) in [5.74, 6) is 1.67. The van der Waals surface area contributed by atoms with Crippen molar-refractivity contribution in [1.82, 2.24) is 4.90 Å². The first-order valence-electron chi connectivity index (χ1n) is 6.35. The van der Waals surface area contributed by atoms with Gasteiger partial charge in [0.1, 0.15) is 11.5 Å². The van der Waals surface area contributed by atoms with Crippen LogP contribution >= 0.6 is 0 Å². The lowest BCUT2D eigenvalue weighted by Crippen LogP contribution is -2.36. The minimum Gasteiger partial charge on any atom is -0.497 e. The molecule has 0 amide bonds. The summed E-state index contributed by atoms with van der Waals surface area (Å²) in [6.45, 7) is 4.14. The summed E-state index contributed by atoms with van der Waals surface area (Å²) < 4.78 is 10.6. The average Bonchev–Trinajstić information content (AvgIpc) is 2.70. The number of methoxy groups -OCH3 is 2. The molecule has 1 aromatic carbocycles. The molecule has 2 N–H and O–H groups in total. The molecular formula is C14H22N2O2. The van der Waals surface area contributed by atoms with Gasteiger partial charge in [0.15, 0.2) is 0 Å². The Bertz CT molecular complexity index is 387. The number of nitrogens with two attached hydrogens (primary N) is 1. The normalized spacial score (nSPS) is 24.2. The van der Waals surface area contributed by atoms with E-state index in [0.717, 1.165) is 31.0 Å². The number of likely N-dealkylation sites (tertiary alicyclic amines) is 1. The topological polar surface area (TPSA) is 47.7 Å². The lowest BCUT2D eigenvalue weighted by atomic mass is 10.1. The van der Waals surface area contributed by atoms with Crippen LogP contribution in [0.5, 0.6) is 11.5 Å². The highest BCUT2D eigenvalue weighted by Crippen LogP contribution is 2.25. The molecule has 1 fully saturated rings. The lowest BCUT2D eigenvalue weighted by Gasteiger charge is -2.23. The van der Waals surface area contributed by atoms with Gasteiger partial charge in [-0.3, -0.25) is 4.90 Å². The molecule has 1 aliphatic heterocycles. The van der Waals surface area contributed by atoms with E-state index in [-0.39, 0.29) is 6.04 Å². The largest absolute Gasteiger partial charge is 0.497 e. The van der Waals surface area contributed by atoms with Gasteiger partial charge < -0.3 is 15.2 Å². The highest BCUT2D eigenvalue weighted by Gasteiger charge is 2.27. The first kappa shape index (κ1) is 13.2. The number of ether oxygens (including phenoxy) is 2. The molecule has 0 saturated carbocycles. The van der Waals surface area contributed by atoms with Crippen LogP contribution in [-0.4, -0.2) is 37.7 Å². The first-order chi connectivity index (χ1) is 8.63. The lowest BCUT2D eigenvalue weighted by molar-refractivity contribution is 0.251. The summed E-state index contributed by atoms with van der Waals surface area (Å²) in [4.78, 5) is 2.40. The molecule has 1 heterocycles. The molecule has 100 valence electrons. The number of hydrogen-bond acceptors (Lipinski definition) is 4. The van der Waals surface area contributed by atoms with Crippen molar-refractivity contribution in [2.24, 2.45) is 5.73 Å². The average molecular weight is 250 g/mol. The van der Waals surface area contributed by atoms with Crippen molar-refractivity contribution >= 4 is 0 Å². The zero-order valence-corrected chi connectivity index (χ0v) is 11.3. The molecule has 0 aliphatic carbocycles. The van der Waals surface area contributed by atoms with Crippen LogP contribution in [0, 0.1) is 0 Å². The molecule has 0 aromatic heterocycles. The van der Waals surface area contributed by atoms with E-state index in [1.165, 1.54) is 5.56 Å². The second-order valence-corrected chi connectivity index (χ2v) is 4.88. The molecule has 2 atom stereocenters. The van der Waals surface area contributed by atoms with Crippen LogP contribution in [0.3, 0.4) is 0 Å². The Balaban J connectivity index is 2.13. The molecule has 1 aromatic rings. The van der Waals surface area contributed by atoms with Gasteiger partial charge in [0, 0.05) is 31.2 Å². The standard InChI is InChI=1S/C14H22N2O2/c1-10-14(15)4-5-16(10)9-11-6-12(17-2)8-13(7-11)18-3/h6-8,10,14H,4-5,9,15H2,1-3H3. The van der Waals surface area contributed by atoms with Gasteiger partial charge in [0.05, 0.1) is 14.2 Å². The Morgan fingerprint density at radius 1 is 1.22 bits per heavy atom. The van der Waals surface area contributed by atoms with Gasteiger partial charge in [-0.1, -0.05) is 0 Å². The van der Waals surface area contributed by atoms with E-state index in [9.17, 15) is 0 Å². The molecule has 0 spiro atoms. The smallest absolute Gasteiger partial charge is 0.122 e. The summed E-state index contributed by atoms with van der Waals surface area (Å²) in [6, 6.07) is 6.72. The first-order valence-corrected chi connectivity index (χ1v) is 6.35. The van der Waals surface area contributed by atoms with Crippen molar-refractivity contribution in [2.75, 3.05) is 20.8 Å². The third-order valence-electron chi connectivity index (χ3n) is 3.74. The van der Waals surface area contributed by atoms with Crippen LogP contribution in [0.15, 0.2) is 18.2 Å². The quantitative estimate of drug-likeness (QED) is 0.882. The van der Waals surface area contributed by atoms with E-state index >= 15 is 0 Å². The Kier molecular flexibility index (Phi) is 4.09. The van der Waals surface area contributed by atoms with Crippen LogP contribution in [0.2, 0.25) is 0 Å². The summed E-state index contributed by atoms with van der Waals surface area (Å²) in [7, 11) is 3.35. The Hall–Kier alpha value is -1.26. The highest BCUT2D eigenvalue weighted by molar-refractivity contribution is 5.38. The van der Waals surface area contributed by atoms with E-state index < -0.39 is 0 Å². The Labute approximate surface area is 109 Å². The van der Waals surface area contributed by atoms with Crippen LogP contribution in [0.1, 0.15) is 18.9 Å². The number of nitrogens with zero attached hydrogens (tertiary/aromatic N) is 1. The van der Waals surface area contributed by atoms with Gasteiger partial charge in [0.25, 0.3) is 0 Å². The third kappa shape index (κ3) is 2.76. The van der Waals surface area contributed by atoms with Gasteiger partial charge >= 0.3 is 0 Å². The SMILES string of the molecule is COc1cc(CN2CCC(N)C2C)cc(OC)c1. The van der Waals surface area contributed by atoms with E-state index in [2.05, 4.69) is 24.0 Å². The molecule has 2 unspecified atom stereocenters. The van der Waals surface area contributed by atoms with E-state index in [4.69, 9.17) is 15.2 Å². The molecule has 0 bridgehead atoms. The second-order valence-electron chi connectivity index (χ2n) is 4.88. The minimum atomic E-state index is 0.289. The Morgan fingerprint density at radius 3 is 2.28 bits per heavy atom. The monoisotopic (exact) mass is 250 g/mol. The Morgan fingerprint density at radius 2 is 1.83 bits per heavy atom. The summed E-state index contributed by atoms with van der Waals surface area (Å²) in [5, 5.41) is 0. The molecule has 18 heavy (non-hydrogen) atoms. The predicted octanol–water partition coefficient (Wildman–Crippen LogP) is 1.63. The van der Waals surface area contributed by atoms with Crippen LogP contribution in [0.4, 0.5) is 0 Å². The second kappa shape index (κ2) is 5.59. The third-order valence-corrected chi connectivity index (χ3v) is 3.74. The molecule has 1 saturated heterocycles. The number of benzene rings is 1. The van der Waals surface area contributed by atoms with E-state index in [0.29, 0.717) is 6.04 Å². The maximum Gasteiger partial charge on any atom is 0.122 e. The van der Waals surface area contributed by atoms with Crippen LogP contribution < -0.4 is 15.2 Å². The van der Waals surface area contributed by atoms with Gasteiger partial charge in [-0.15, -0.1) is 0 Å². The predicted molar refractivity (Wildman–Crippen MR) is 72.0 cm³/mol. The maximum absolute atomic E-state index is 6.04. The summed E-state index contributed by atoms with van der Waals surface area (Å²) in [5.41, 5.74) is 7.24. The molecule has 4 nitrogen and oxygen atoms in total. The van der Waals surface area contributed by atoms with Crippen molar-refractivity contribution in [3.05, 3.63) is 23.8 Å². The zero-order chi connectivity index (χ0) is 13.1. The zero-order valence-electron chi connectivity index (χ0n) is 11.3. The summed E-state index contributed by atoms with van der Waals surface area (Å²) >= 11 is 0. The molecular weight excluding hydrogens is 228 g/mol. The van der Waals surface area contributed by atoms with E-state index in [1.807, 2.05) is 6.07 Å². The summed E-state index contributed by atoms with van der Waals surface area (Å²) in [6.07, 6.45) is 1.07. The van der Waals surface area contributed by atoms with Gasteiger partial charge in [-0.05, 0) is 31.0 Å². The fraction of sp³-hybridized carbons (Fsp3) is 0.571. The molecule has 4 heteroatoms. The molecule has 2 rings (SSSR count). The maximum atomic E-state index is 6.04. The highest BCUT2D eigenvalue weighted by atomic mass is 16.5. The van der Waals surface area contributed by atoms with Crippen molar-refractivity contribution in [3.63, 3.8) is 0 Å². The fourth-order valence-electron chi connectivity index (χ4n) is 2.45. The van der Waals surface area contributed by atoms with Gasteiger partial charge in [-0.25, -0.2) is 0 Å². The van der Waals surface area contributed by atoms with E-state index in [1.54, 1.807) is 14.2 Å². The van der Waals surface area contributed by atoms with Crippen LogP contribution in [0.25, 0.3) is 0 Å². The van der Waals surface area contributed by atoms with Gasteiger partial charge in [0.2, 0.25) is 0 Å². The minimum absolute atomic E-state index is 0.289. The molecule has 0 radical (unpaired) electrons. The van der Waals surface area contributed by atoms with Crippen molar-refractivity contribution in [2.45, 2.75) is 32.0 Å². The molecule has 1 aliphatic rings. The fourth-order valence-corrected chi connectivity index (χ4v) is 2.45.